The number of morpholine rings is 1. The standard InChI is InChI=1S/C22H26BrN3O3/c23-20-4-1-3-19(15-20)22(28)25-16-17-5-7-18(8-6-17)21(27)24-9-2-10-26-11-13-29-14-12-26/h1,3-8,15H,2,9-14,16H2,(H,24,27)(H,25,28). The van der Waals surface area contributed by atoms with E-state index in [1.54, 1.807) is 24.3 Å². The van der Waals surface area contributed by atoms with E-state index in [1.165, 1.54) is 0 Å². The maximum absolute atomic E-state index is 12.3. The molecule has 0 radical (unpaired) electrons. The average Bonchev–Trinajstić information content (AvgIpc) is 2.76. The Hall–Kier alpha value is -2.22. The number of amides is 2. The highest BCUT2D eigenvalue weighted by molar-refractivity contribution is 9.10. The molecule has 2 aromatic carbocycles. The molecule has 3 rings (SSSR count). The zero-order valence-corrected chi connectivity index (χ0v) is 17.9. The van der Waals surface area contributed by atoms with Crippen LogP contribution in [0, 0.1) is 0 Å². The van der Waals surface area contributed by atoms with Crippen molar-refractivity contribution in [1.82, 2.24) is 15.5 Å². The van der Waals surface area contributed by atoms with E-state index in [2.05, 4.69) is 31.5 Å². The van der Waals surface area contributed by atoms with Crippen molar-refractivity contribution in [2.45, 2.75) is 13.0 Å². The Morgan fingerprint density at radius 3 is 2.41 bits per heavy atom. The molecular formula is C22H26BrN3O3. The molecule has 0 bridgehead atoms. The van der Waals surface area contributed by atoms with E-state index < -0.39 is 0 Å². The SMILES string of the molecule is O=C(NCCCN1CCOCC1)c1ccc(CNC(=O)c2cccc(Br)c2)cc1. The molecule has 0 aliphatic carbocycles. The second kappa shape index (κ2) is 11.1. The Bertz CT molecular complexity index is 820. The number of hydrogen-bond donors (Lipinski definition) is 2. The fourth-order valence-electron chi connectivity index (χ4n) is 3.12. The summed E-state index contributed by atoms with van der Waals surface area (Å²) in [6, 6.07) is 14.6. The minimum atomic E-state index is -0.131. The van der Waals surface area contributed by atoms with Gasteiger partial charge in [0.15, 0.2) is 0 Å². The minimum absolute atomic E-state index is 0.0725. The molecule has 0 unspecified atom stereocenters. The molecule has 2 aromatic rings. The van der Waals surface area contributed by atoms with Gasteiger partial charge in [0.1, 0.15) is 0 Å². The van der Waals surface area contributed by atoms with Gasteiger partial charge in [-0.1, -0.05) is 34.1 Å². The van der Waals surface area contributed by atoms with Gasteiger partial charge in [-0.05, 0) is 48.9 Å². The van der Waals surface area contributed by atoms with Crippen LogP contribution in [0.5, 0.6) is 0 Å². The van der Waals surface area contributed by atoms with Gasteiger partial charge in [0.25, 0.3) is 11.8 Å². The van der Waals surface area contributed by atoms with Crippen LogP contribution in [0.25, 0.3) is 0 Å². The van der Waals surface area contributed by atoms with Gasteiger partial charge in [-0.25, -0.2) is 0 Å². The highest BCUT2D eigenvalue weighted by atomic mass is 79.9. The number of nitrogens with zero attached hydrogens (tertiary/aromatic N) is 1. The first-order valence-corrected chi connectivity index (χ1v) is 10.6. The summed E-state index contributed by atoms with van der Waals surface area (Å²) < 4.78 is 6.20. The first-order valence-electron chi connectivity index (χ1n) is 9.83. The lowest BCUT2D eigenvalue weighted by Gasteiger charge is -2.26. The van der Waals surface area contributed by atoms with E-state index in [-0.39, 0.29) is 11.8 Å². The zero-order valence-electron chi connectivity index (χ0n) is 16.3. The van der Waals surface area contributed by atoms with E-state index in [0.29, 0.717) is 24.2 Å². The molecule has 1 heterocycles. The molecule has 7 heteroatoms. The van der Waals surface area contributed by atoms with Crippen LogP contribution in [-0.4, -0.2) is 56.1 Å². The van der Waals surface area contributed by atoms with Crippen molar-refractivity contribution in [1.29, 1.82) is 0 Å². The number of ether oxygens (including phenoxy) is 1. The number of rotatable bonds is 8. The lowest BCUT2D eigenvalue weighted by atomic mass is 10.1. The van der Waals surface area contributed by atoms with Crippen molar-refractivity contribution in [3.8, 4) is 0 Å². The van der Waals surface area contributed by atoms with Crippen molar-refractivity contribution in [3.05, 3.63) is 69.7 Å². The van der Waals surface area contributed by atoms with Gasteiger partial charge in [0.05, 0.1) is 13.2 Å². The summed E-state index contributed by atoms with van der Waals surface area (Å²) in [6.45, 7) is 5.55. The summed E-state index contributed by atoms with van der Waals surface area (Å²) in [7, 11) is 0. The summed E-state index contributed by atoms with van der Waals surface area (Å²) in [5, 5.41) is 5.85. The average molecular weight is 460 g/mol. The van der Waals surface area contributed by atoms with Gasteiger partial charge in [-0.15, -0.1) is 0 Å². The number of carbonyl (C=O) groups is 2. The predicted molar refractivity (Wildman–Crippen MR) is 116 cm³/mol. The van der Waals surface area contributed by atoms with Crippen molar-refractivity contribution in [2.75, 3.05) is 39.4 Å². The highest BCUT2D eigenvalue weighted by Crippen LogP contribution is 2.12. The van der Waals surface area contributed by atoms with Crippen molar-refractivity contribution >= 4 is 27.7 Å². The van der Waals surface area contributed by atoms with Crippen LogP contribution in [0.3, 0.4) is 0 Å². The van der Waals surface area contributed by atoms with Gasteiger partial charge in [0, 0.05) is 41.8 Å². The maximum atomic E-state index is 12.3. The molecule has 2 amide bonds. The van der Waals surface area contributed by atoms with Gasteiger partial charge in [-0.2, -0.15) is 0 Å². The third-order valence-corrected chi connectivity index (χ3v) is 5.29. The summed E-state index contributed by atoms with van der Waals surface area (Å²) >= 11 is 3.37. The van der Waals surface area contributed by atoms with Gasteiger partial charge >= 0.3 is 0 Å². The Morgan fingerprint density at radius 1 is 0.966 bits per heavy atom. The second-order valence-electron chi connectivity index (χ2n) is 6.95. The molecule has 1 fully saturated rings. The Balaban J connectivity index is 1.39. The summed E-state index contributed by atoms with van der Waals surface area (Å²) in [5.41, 5.74) is 2.17. The summed E-state index contributed by atoms with van der Waals surface area (Å²) in [6.07, 6.45) is 0.922. The number of benzene rings is 2. The first kappa shape index (κ1) is 21.5. The first-order chi connectivity index (χ1) is 14.1. The molecule has 6 nitrogen and oxygen atoms in total. The van der Waals surface area contributed by atoms with Gasteiger partial charge in [0.2, 0.25) is 0 Å². The summed E-state index contributed by atoms with van der Waals surface area (Å²) in [5.74, 6) is -0.204. The van der Waals surface area contributed by atoms with Crippen LogP contribution in [0.4, 0.5) is 0 Å². The van der Waals surface area contributed by atoms with Gasteiger partial charge < -0.3 is 15.4 Å². The van der Waals surface area contributed by atoms with E-state index in [1.807, 2.05) is 24.3 Å². The zero-order chi connectivity index (χ0) is 20.5. The Morgan fingerprint density at radius 2 is 1.69 bits per heavy atom. The summed E-state index contributed by atoms with van der Waals surface area (Å²) in [4.78, 5) is 26.8. The third-order valence-electron chi connectivity index (χ3n) is 4.80. The maximum Gasteiger partial charge on any atom is 0.251 e. The molecule has 2 N–H and O–H groups in total. The second-order valence-corrected chi connectivity index (χ2v) is 7.87. The van der Waals surface area contributed by atoms with Crippen LogP contribution in [0.15, 0.2) is 53.0 Å². The minimum Gasteiger partial charge on any atom is -0.379 e. The lowest BCUT2D eigenvalue weighted by Crippen LogP contribution is -2.38. The molecule has 0 spiro atoms. The highest BCUT2D eigenvalue weighted by Gasteiger charge is 2.10. The molecule has 0 aromatic heterocycles. The Kier molecular flexibility index (Phi) is 8.22. The fraction of sp³-hybridized carbons (Fsp3) is 0.364. The molecule has 0 saturated carbocycles. The van der Waals surface area contributed by atoms with Crippen molar-refractivity contribution in [3.63, 3.8) is 0 Å². The molecule has 1 aliphatic heterocycles. The van der Waals surface area contributed by atoms with Gasteiger partial charge in [-0.3, -0.25) is 14.5 Å². The number of hydrogen-bond acceptors (Lipinski definition) is 4. The molecular weight excluding hydrogens is 434 g/mol. The van der Waals surface area contributed by atoms with Crippen LogP contribution in [0.1, 0.15) is 32.7 Å². The van der Waals surface area contributed by atoms with Crippen molar-refractivity contribution < 1.29 is 14.3 Å². The van der Waals surface area contributed by atoms with E-state index in [4.69, 9.17) is 4.74 Å². The topological polar surface area (TPSA) is 70.7 Å². The number of halogens is 1. The quantitative estimate of drug-likeness (QED) is 0.595. The third kappa shape index (κ3) is 6.96. The van der Waals surface area contributed by atoms with Crippen LogP contribution in [0.2, 0.25) is 0 Å². The van der Waals surface area contributed by atoms with Crippen molar-refractivity contribution in [2.24, 2.45) is 0 Å². The van der Waals surface area contributed by atoms with E-state index >= 15 is 0 Å². The Labute approximate surface area is 179 Å². The number of carbonyl (C=O) groups excluding carboxylic acids is 2. The smallest absolute Gasteiger partial charge is 0.251 e. The fourth-order valence-corrected chi connectivity index (χ4v) is 3.52. The molecule has 29 heavy (non-hydrogen) atoms. The molecule has 1 aliphatic rings. The van der Waals surface area contributed by atoms with Crippen LogP contribution in [-0.2, 0) is 11.3 Å². The van der Waals surface area contributed by atoms with Crippen LogP contribution < -0.4 is 10.6 Å². The lowest BCUT2D eigenvalue weighted by molar-refractivity contribution is 0.0374. The number of nitrogens with one attached hydrogen (secondary N) is 2. The van der Waals surface area contributed by atoms with E-state index in [9.17, 15) is 9.59 Å². The molecule has 1 saturated heterocycles. The monoisotopic (exact) mass is 459 g/mol. The van der Waals surface area contributed by atoms with E-state index in [0.717, 1.165) is 49.3 Å². The van der Waals surface area contributed by atoms with Crippen LogP contribution >= 0.6 is 15.9 Å². The largest absolute Gasteiger partial charge is 0.379 e. The normalized spacial score (nSPS) is 14.4. The predicted octanol–water partition coefficient (Wildman–Crippen LogP) is 2.83. The molecule has 154 valence electrons. The molecule has 0 atom stereocenters.